The van der Waals surface area contributed by atoms with Crippen LogP contribution in [0.25, 0.3) is 0 Å². The number of amidine groups is 1. The van der Waals surface area contributed by atoms with E-state index in [1.807, 2.05) is 84.3 Å². The standard InChI is InChI=1S/C20H37N3O.C14H20O2.C2H6.CH4O2/c1-7-11-19(12-8-2)24-17-18(4)16-23(15-9-3)20(22-6)13-10-14-21-5;1-3-5-6-7-8-13-16-14(10-4-2)11-9-12-15;1-2;2-1-3/h7,10-13,18,21H,8-9,14-17H2,1-6H3;4-8,10-12H,3,9,13H2,1-2H3;1-2H3;2-3H,1H2/b11-7-,13-10-,19-12+,22-20?;6-5-,8-7-,10-4-,14-11+;;. The second kappa shape index (κ2) is 42.9. The lowest BCUT2D eigenvalue weighted by atomic mass is 10.1. The summed E-state index contributed by atoms with van der Waals surface area (Å²) in [5.74, 6) is 3.17. The van der Waals surface area contributed by atoms with Crippen LogP contribution in [0, 0.1) is 5.92 Å². The number of nitrogens with zero attached hydrogens (tertiary/aromatic N) is 2. The SMILES string of the molecule is C/C=C\C(=C/CC)OCC(C)CN(CCC)C(/C=C\CNC)=NC.C/C=C\C(=C/CC=O)OC/C=C\C=C/CC.CC.OCO. The third-order valence-electron chi connectivity index (χ3n) is 5.15. The second-order valence-electron chi connectivity index (χ2n) is 9.14. The minimum Gasteiger partial charge on any atom is -0.494 e. The Labute approximate surface area is 276 Å². The number of carbonyl (C=O) groups excluding carboxylic acids is 1. The molecule has 0 spiro atoms. The molecule has 0 bridgehead atoms. The summed E-state index contributed by atoms with van der Waals surface area (Å²) in [5.41, 5.74) is 0. The molecule has 0 aliphatic rings. The van der Waals surface area contributed by atoms with Gasteiger partial charge in [0.05, 0.1) is 6.61 Å². The van der Waals surface area contributed by atoms with Gasteiger partial charge in [-0.1, -0.05) is 78.0 Å². The molecule has 0 aromatic rings. The molecule has 0 aromatic heterocycles. The van der Waals surface area contributed by atoms with Crippen molar-refractivity contribution in [2.24, 2.45) is 10.9 Å². The molecular weight excluding hydrogens is 566 g/mol. The van der Waals surface area contributed by atoms with E-state index in [0.29, 0.717) is 25.6 Å². The van der Waals surface area contributed by atoms with Crippen molar-refractivity contribution in [1.29, 1.82) is 0 Å². The molecule has 8 heteroatoms. The number of allylic oxidation sites excluding steroid dienone is 9. The van der Waals surface area contributed by atoms with Crippen LogP contribution in [-0.4, -0.2) is 81.0 Å². The fraction of sp³-hybridized carbons (Fsp3) is 0.568. The van der Waals surface area contributed by atoms with Crippen LogP contribution in [0.5, 0.6) is 0 Å². The maximum Gasteiger partial charge on any atom is 0.140 e. The van der Waals surface area contributed by atoms with Crippen molar-refractivity contribution in [2.45, 2.75) is 81.1 Å². The third-order valence-corrected chi connectivity index (χ3v) is 5.15. The average Bonchev–Trinajstić information content (AvgIpc) is 3.04. The molecule has 0 amide bonds. The summed E-state index contributed by atoms with van der Waals surface area (Å²) in [7, 11) is 3.81. The summed E-state index contributed by atoms with van der Waals surface area (Å²) in [4.78, 5) is 17.0. The number of nitrogens with one attached hydrogen (secondary N) is 1. The summed E-state index contributed by atoms with van der Waals surface area (Å²) >= 11 is 0. The molecule has 1 atom stereocenters. The van der Waals surface area contributed by atoms with E-state index in [4.69, 9.17) is 19.7 Å². The zero-order chi connectivity index (χ0) is 35.0. The van der Waals surface area contributed by atoms with Crippen LogP contribution in [0.4, 0.5) is 0 Å². The van der Waals surface area contributed by atoms with Gasteiger partial charge in [0.2, 0.25) is 0 Å². The van der Waals surface area contributed by atoms with Crippen LogP contribution >= 0.6 is 0 Å². The molecule has 0 aromatic carbocycles. The molecule has 0 radical (unpaired) electrons. The lowest BCUT2D eigenvalue weighted by Crippen LogP contribution is -2.35. The molecule has 0 aliphatic heterocycles. The Morgan fingerprint density at radius 1 is 0.911 bits per heavy atom. The first kappa shape index (κ1) is 48.7. The van der Waals surface area contributed by atoms with E-state index in [1.54, 1.807) is 6.08 Å². The monoisotopic (exact) mass is 634 g/mol. The van der Waals surface area contributed by atoms with Crippen molar-refractivity contribution in [3.05, 3.63) is 84.4 Å². The molecule has 0 saturated carbocycles. The number of ether oxygens (including phenoxy) is 2. The number of likely N-dealkylation sites (N-methyl/N-ethyl adjacent to an activating group) is 1. The molecule has 1 unspecified atom stereocenters. The third kappa shape index (κ3) is 36.9. The van der Waals surface area contributed by atoms with Crippen molar-refractivity contribution >= 4 is 12.1 Å². The van der Waals surface area contributed by atoms with Crippen molar-refractivity contribution < 1.29 is 24.5 Å². The van der Waals surface area contributed by atoms with E-state index in [2.05, 4.69) is 67.2 Å². The largest absolute Gasteiger partial charge is 0.494 e. The molecule has 0 rings (SSSR count). The Morgan fingerprint density at radius 2 is 1.51 bits per heavy atom. The van der Waals surface area contributed by atoms with Gasteiger partial charge in [0.25, 0.3) is 0 Å². The highest BCUT2D eigenvalue weighted by molar-refractivity contribution is 5.92. The van der Waals surface area contributed by atoms with E-state index in [1.165, 1.54) is 0 Å². The summed E-state index contributed by atoms with van der Waals surface area (Å²) in [6.07, 6.45) is 28.2. The predicted octanol–water partition coefficient (Wildman–Crippen LogP) is 7.55. The number of rotatable bonds is 20. The van der Waals surface area contributed by atoms with Crippen LogP contribution in [-0.2, 0) is 14.3 Å². The fourth-order valence-electron chi connectivity index (χ4n) is 3.38. The Hall–Kier alpha value is -3.20. The molecule has 45 heavy (non-hydrogen) atoms. The summed E-state index contributed by atoms with van der Waals surface area (Å²) in [6.45, 7) is 19.9. The molecule has 0 aliphatic carbocycles. The molecule has 0 saturated heterocycles. The van der Waals surface area contributed by atoms with Crippen LogP contribution in [0.2, 0.25) is 0 Å². The van der Waals surface area contributed by atoms with Crippen molar-refractivity contribution in [2.75, 3.05) is 53.7 Å². The Balaban J connectivity index is -0.000000345. The highest BCUT2D eigenvalue weighted by Crippen LogP contribution is 2.09. The van der Waals surface area contributed by atoms with E-state index < -0.39 is 6.79 Å². The molecule has 3 N–H and O–H groups in total. The normalized spacial score (nSPS) is 12.9. The number of hydrogen-bond acceptors (Lipinski definition) is 7. The number of aliphatic hydroxyl groups excluding tert-OH is 1. The number of carbonyl (C=O) groups is 1. The van der Waals surface area contributed by atoms with Gasteiger partial charge in [0.15, 0.2) is 0 Å². The zero-order valence-electron chi connectivity index (χ0n) is 30.2. The van der Waals surface area contributed by atoms with Gasteiger partial charge in [-0.2, -0.15) is 0 Å². The highest BCUT2D eigenvalue weighted by atomic mass is 16.5. The molecule has 0 heterocycles. The van der Waals surface area contributed by atoms with Gasteiger partial charge < -0.3 is 34.7 Å². The summed E-state index contributed by atoms with van der Waals surface area (Å²) in [5, 5.41) is 17.4. The Morgan fingerprint density at radius 3 is 2.00 bits per heavy atom. The fourth-order valence-corrected chi connectivity index (χ4v) is 3.38. The lowest BCUT2D eigenvalue weighted by Gasteiger charge is -2.27. The molecule has 260 valence electrons. The quantitative estimate of drug-likeness (QED) is 0.0318. The minimum absolute atomic E-state index is 0.388. The molecule has 8 nitrogen and oxygen atoms in total. The van der Waals surface area contributed by atoms with Gasteiger partial charge in [-0.3, -0.25) is 4.99 Å². The maximum absolute atomic E-state index is 10.2. The van der Waals surface area contributed by atoms with Gasteiger partial charge >= 0.3 is 0 Å². The van der Waals surface area contributed by atoms with Crippen molar-refractivity contribution in [3.8, 4) is 0 Å². The first-order valence-electron chi connectivity index (χ1n) is 16.3. The van der Waals surface area contributed by atoms with Gasteiger partial charge in [0.1, 0.15) is 37.0 Å². The van der Waals surface area contributed by atoms with Gasteiger partial charge in [-0.25, -0.2) is 0 Å². The smallest absolute Gasteiger partial charge is 0.140 e. The zero-order valence-corrected chi connectivity index (χ0v) is 30.2. The Bertz CT molecular complexity index is 871. The number of aliphatic imine (C=N–C) groups is 1. The van der Waals surface area contributed by atoms with Gasteiger partial charge in [-0.05, 0) is 76.6 Å². The van der Waals surface area contributed by atoms with Crippen molar-refractivity contribution in [3.63, 3.8) is 0 Å². The van der Waals surface area contributed by atoms with Crippen LogP contribution in [0.1, 0.15) is 81.1 Å². The second-order valence-corrected chi connectivity index (χ2v) is 9.14. The maximum atomic E-state index is 10.2. The van der Waals surface area contributed by atoms with Crippen molar-refractivity contribution in [1.82, 2.24) is 10.2 Å². The van der Waals surface area contributed by atoms with Gasteiger partial charge in [-0.15, -0.1) is 0 Å². The minimum atomic E-state index is -0.750. The van der Waals surface area contributed by atoms with Crippen LogP contribution in [0.15, 0.2) is 89.4 Å². The van der Waals surface area contributed by atoms with E-state index in [9.17, 15) is 4.79 Å². The first-order valence-corrected chi connectivity index (χ1v) is 16.3. The van der Waals surface area contributed by atoms with Crippen LogP contribution < -0.4 is 5.32 Å². The number of aliphatic hydroxyl groups is 2. The first-order chi connectivity index (χ1) is 21.9. The molecule has 0 fully saturated rings. The van der Waals surface area contributed by atoms with E-state index >= 15 is 0 Å². The summed E-state index contributed by atoms with van der Waals surface area (Å²) < 4.78 is 11.4. The summed E-state index contributed by atoms with van der Waals surface area (Å²) in [6, 6.07) is 0. The predicted molar refractivity (Wildman–Crippen MR) is 195 cm³/mol. The van der Waals surface area contributed by atoms with E-state index in [0.717, 1.165) is 62.5 Å². The van der Waals surface area contributed by atoms with Crippen LogP contribution in [0.3, 0.4) is 0 Å². The lowest BCUT2D eigenvalue weighted by molar-refractivity contribution is -0.107. The topological polar surface area (TPSA) is 104 Å². The number of aldehydes is 1. The average molecular weight is 634 g/mol. The number of hydrogen-bond donors (Lipinski definition) is 3. The van der Waals surface area contributed by atoms with E-state index in [-0.39, 0.29) is 0 Å². The highest BCUT2D eigenvalue weighted by Gasteiger charge is 2.13. The molecular formula is C37H67N3O5. The van der Waals surface area contributed by atoms with Gasteiger partial charge in [0, 0.05) is 39.0 Å². The Kier molecular flexibility index (Phi) is 46.5.